The number of halogens is 3. The average Bonchev–Trinajstić information content (AvgIpc) is 2.50. The topological polar surface area (TPSA) is 64.6 Å². The van der Waals surface area contributed by atoms with E-state index in [1.54, 1.807) is 20.8 Å². The summed E-state index contributed by atoms with van der Waals surface area (Å²) in [4.78, 5) is 23.5. The Labute approximate surface area is 150 Å². The molecule has 0 aliphatic heterocycles. The Morgan fingerprint density at radius 1 is 1.04 bits per heavy atom. The van der Waals surface area contributed by atoms with E-state index in [2.05, 4.69) is 10.1 Å². The highest BCUT2D eigenvalue weighted by atomic mass is 19.4. The number of carbonyl (C=O) groups excluding carboxylic acids is 2. The van der Waals surface area contributed by atoms with Crippen molar-refractivity contribution in [3.63, 3.8) is 0 Å². The van der Waals surface area contributed by atoms with Crippen LogP contribution < -0.4 is 5.32 Å². The third-order valence-electron chi connectivity index (χ3n) is 4.14. The molecule has 0 heterocycles. The molecule has 1 rings (SSSR count). The van der Waals surface area contributed by atoms with E-state index in [9.17, 15) is 22.8 Å². The predicted octanol–water partition coefficient (Wildman–Crippen LogP) is 4.66. The molecule has 0 aromatic heterocycles. The van der Waals surface area contributed by atoms with Crippen molar-refractivity contribution >= 4 is 17.7 Å². The Kier molecular flexibility index (Phi) is 6.33. The van der Waals surface area contributed by atoms with Gasteiger partial charge in [-0.15, -0.1) is 0 Å². The molecule has 0 saturated carbocycles. The number of methoxy groups -OCH3 is 1. The molecule has 26 heavy (non-hydrogen) atoms. The maximum absolute atomic E-state index is 13.7. The fourth-order valence-corrected chi connectivity index (χ4v) is 2.39. The quantitative estimate of drug-likeness (QED) is 0.777. The van der Waals surface area contributed by atoms with Crippen molar-refractivity contribution in [3.8, 4) is 0 Å². The van der Waals surface area contributed by atoms with Crippen LogP contribution in [-0.2, 0) is 19.7 Å². The van der Waals surface area contributed by atoms with E-state index in [0.717, 1.165) is 14.0 Å². The second-order valence-electron chi connectivity index (χ2n) is 7.15. The van der Waals surface area contributed by atoms with Gasteiger partial charge in [0.2, 0.25) is 0 Å². The van der Waals surface area contributed by atoms with Crippen LogP contribution >= 0.6 is 0 Å². The zero-order valence-electron chi connectivity index (χ0n) is 15.7. The number of anilines is 1. The second kappa shape index (κ2) is 7.55. The Morgan fingerprint density at radius 3 is 1.92 bits per heavy atom. The van der Waals surface area contributed by atoms with Gasteiger partial charge in [0.05, 0.1) is 13.0 Å². The lowest BCUT2D eigenvalue weighted by Crippen LogP contribution is -2.48. The number of alkyl halides is 3. The van der Waals surface area contributed by atoms with Gasteiger partial charge < -0.3 is 9.47 Å². The van der Waals surface area contributed by atoms with Crippen molar-refractivity contribution < 1.29 is 32.2 Å². The molecular weight excluding hydrogens is 351 g/mol. The highest BCUT2D eigenvalue weighted by Crippen LogP contribution is 2.46. The summed E-state index contributed by atoms with van der Waals surface area (Å²) in [6, 6.07) is 5.10. The first-order valence-electron chi connectivity index (χ1n) is 7.97. The molecule has 2 atom stereocenters. The van der Waals surface area contributed by atoms with Crippen LogP contribution in [-0.4, -0.2) is 30.9 Å². The van der Waals surface area contributed by atoms with E-state index in [1.807, 2.05) is 0 Å². The molecule has 8 heteroatoms. The van der Waals surface area contributed by atoms with Gasteiger partial charge in [0.15, 0.2) is 0 Å². The van der Waals surface area contributed by atoms with Crippen LogP contribution in [0.1, 0.15) is 40.2 Å². The summed E-state index contributed by atoms with van der Waals surface area (Å²) >= 11 is 0. The number of ether oxygens (including phenoxy) is 2. The van der Waals surface area contributed by atoms with Crippen molar-refractivity contribution in [1.82, 2.24) is 0 Å². The van der Waals surface area contributed by atoms with Crippen molar-refractivity contribution in [2.75, 3.05) is 12.4 Å². The van der Waals surface area contributed by atoms with E-state index < -0.39 is 35.2 Å². The standard InChI is InChI=1S/C18H24F3NO4/c1-11(14(23)25-6)17(5,18(19,20)21)12-7-9-13(10-8-12)22-15(24)26-16(2,3)4/h7-11H,1-6H3,(H,22,24). The van der Waals surface area contributed by atoms with Crippen molar-refractivity contribution in [1.29, 1.82) is 0 Å². The van der Waals surface area contributed by atoms with Crippen LogP contribution in [0.3, 0.4) is 0 Å². The third kappa shape index (κ3) is 4.89. The molecule has 146 valence electrons. The number of nitrogens with one attached hydrogen (secondary N) is 1. The molecule has 0 aliphatic rings. The molecule has 0 bridgehead atoms. The Morgan fingerprint density at radius 2 is 1.54 bits per heavy atom. The molecule has 2 unspecified atom stereocenters. The van der Waals surface area contributed by atoms with Crippen molar-refractivity contribution in [2.24, 2.45) is 5.92 Å². The van der Waals surface area contributed by atoms with Gasteiger partial charge in [0, 0.05) is 5.69 Å². The van der Waals surface area contributed by atoms with Crippen LogP contribution in [0.5, 0.6) is 0 Å². The van der Waals surface area contributed by atoms with Crippen LogP contribution in [0.25, 0.3) is 0 Å². The number of carbonyl (C=O) groups is 2. The molecule has 1 N–H and O–H groups in total. The zero-order chi connectivity index (χ0) is 20.3. The highest BCUT2D eigenvalue weighted by molar-refractivity contribution is 5.85. The SMILES string of the molecule is COC(=O)C(C)C(C)(c1ccc(NC(=O)OC(C)(C)C)cc1)C(F)(F)F. The van der Waals surface area contributed by atoms with Crippen LogP contribution in [0.2, 0.25) is 0 Å². The molecule has 5 nitrogen and oxygen atoms in total. The van der Waals surface area contributed by atoms with E-state index in [1.165, 1.54) is 31.2 Å². The Bertz CT molecular complexity index is 650. The number of esters is 1. The smallest absolute Gasteiger partial charge is 0.412 e. The minimum Gasteiger partial charge on any atom is -0.469 e. The lowest BCUT2D eigenvalue weighted by Gasteiger charge is -2.36. The van der Waals surface area contributed by atoms with Gasteiger partial charge in [-0.05, 0) is 45.4 Å². The molecular formula is C18H24F3NO4. The molecule has 1 aromatic carbocycles. The first kappa shape index (κ1) is 21.8. The largest absolute Gasteiger partial charge is 0.469 e. The van der Waals surface area contributed by atoms with E-state index in [0.29, 0.717) is 0 Å². The molecule has 0 aliphatic carbocycles. The number of benzene rings is 1. The maximum Gasteiger partial charge on any atom is 0.412 e. The third-order valence-corrected chi connectivity index (χ3v) is 4.14. The second-order valence-corrected chi connectivity index (χ2v) is 7.15. The summed E-state index contributed by atoms with van der Waals surface area (Å²) in [5.74, 6) is -2.40. The molecule has 1 amide bonds. The minimum atomic E-state index is -4.68. The first-order valence-corrected chi connectivity index (χ1v) is 7.97. The number of hydrogen-bond donors (Lipinski definition) is 1. The first-order chi connectivity index (χ1) is 11.7. The lowest BCUT2D eigenvalue weighted by molar-refractivity contribution is -0.206. The van der Waals surface area contributed by atoms with E-state index in [-0.39, 0.29) is 11.3 Å². The summed E-state index contributed by atoms with van der Waals surface area (Å²) in [5, 5.41) is 2.44. The zero-order valence-corrected chi connectivity index (χ0v) is 15.7. The summed E-state index contributed by atoms with van der Waals surface area (Å²) in [5.41, 5.74) is -2.98. The monoisotopic (exact) mass is 375 g/mol. The summed E-state index contributed by atoms with van der Waals surface area (Å²) < 4.78 is 50.8. The van der Waals surface area contributed by atoms with Crippen LogP contribution in [0.4, 0.5) is 23.7 Å². The number of rotatable bonds is 4. The summed E-state index contributed by atoms with van der Waals surface area (Å²) in [7, 11) is 1.05. The van der Waals surface area contributed by atoms with E-state index in [4.69, 9.17) is 4.74 Å². The van der Waals surface area contributed by atoms with Gasteiger partial charge in [-0.25, -0.2) is 4.79 Å². The average molecular weight is 375 g/mol. The fourth-order valence-electron chi connectivity index (χ4n) is 2.39. The molecule has 0 fully saturated rings. The van der Waals surface area contributed by atoms with Crippen LogP contribution in [0.15, 0.2) is 24.3 Å². The molecule has 1 aromatic rings. The Balaban J connectivity index is 3.13. The van der Waals surface area contributed by atoms with Gasteiger partial charge in [-0.2, -0.15) is 13.2 Å². The van der Waals surface area contributed by atoms with Gasteiger partial charge >= 0.3 is 18.2 Å². The molecule has 0 saturated heterocycles. The summed E-state index contributed by atoms with van der Waals surface area (Å²) in [6.45, 7) is 7.20. The van der Waals surface area contributed by atoms with Gasteiger partial charge in [0.25, 0.3) is 0 Å². The van der Waals surface area contributed by atoms with Gasteiger partial charge in [0.1, 0.15) is 11.0 Å². The van der Waals surface area contributed by atoms with E-state index >= 15 is 0 Å². The van der Waals surface area contributed by atoms with Crippen molar-refractivity contribution in [2.45, 2.75) is 51.8 Å². The highest BCUT2D eigenvalue weighted by Gasteiger charge is 2.58. The predicted molar refractivity (Wildman–Crippen MR) is 90.9 cm³/mol. The number of amides is 1. The van der Waals surface area contributed by atoms with Crippen LogP contribution in [0, 0.1) is 5.92 Å². The maximum atomic E-state index is 13.7. The van der Waals surface area contributed by atoms with Gasteiger partial charge in [-0.1, -0.05) is 19.1 Å². The lowest BCUT2D eigenvalue weighted by atomic mass is 9.71. The normalized spacial score (nSPS) is 15.6. The minimum absolute atomic E-state index is 0.113. The fraction of sp³-hybridized carbons (Fsp3) is 0.556. The molecule has 0 spiro atoms. The Hall–Kier alpha value is -2.25. The van der Waals surface area contributed by atoms with Crippen molar-refractivity contribution in [3.05, 3.63) is 29.8 Å². The molecule has 0 radical (unpaired) electrons. The summed E-state index contributed by atoms with van der Waals surface area (Å²) in [6.07, 6.45) is -5.40. The van der Waals surface area contributed by atoms with Gasteiger partial charge in [-0.3, -0.25) is 10.1 Å². The number of hydrogen-bond acceptors (Lipinski definition) is 4.